The van der Waals surface area contributed by atoms with E-state index in [4.69, 9.17) is 0 Å². The molecule has 0 saturated carbocycles. The molecular formula is C21H27N3O3S2. The normalized spacial score (nSPS) is 18.0. The Hall–Kier alpha value is -1.87. The van der Waals surface area contributed by atoms with Crippen LogP contribution in [0.25, 0.3) is 0 Å². The highest BCUT2D eigenvalue weighted by molar-refractivity contribution is 7.98. The van der Waals surface area contributed by atoms with E-state index < -0.39 is 10.2 Å². The van der Waals surface area contributed by atoms with Crippen LogP contribution in [0.3, 0.4) is 0 Å². The molecule has 2 aromatic rings. The van der Waals surface area contributed by atoms with Crippen molar-refractivity contribution in [3.63, 3.8) is 0 Å². The lowest BCUT2D eigenvalue weighted by molar-refractivity contribution is -0.120. The third kappa shape index (κ3) is 5.82. The van der Waals surface area contributed by atoms with E-state index in [9.17, 15) is 13.2 Å². The van der Waals surface area contributed by atoms with Crippen LogP contribution >= 0.6 is 11.8 Å². The van der Waals surface area contributed by atoms with E-state index in [1.54, 1.807) is 11.8 Å². The molecule has 1 unspecified atom stereocenters. The molecule has 0 spiro atoms. The van der Waals surface area contributed by atoms with Crippen molar-refractivity contribution in [2.75, 3.05) is 32.5 Å². The maximum atomic E-state index is 12.7. The zero-order chi connectivity index (χ0) is 20.9. The van der Waals surface area contributed by atoms with E-state index in [1.807, 2.05) is 42.5 Å². The number of hydrogen-bond donors (Lipinski definition) is 1. The third-order valence-corrected chi connectivity index (χ3v) is 7.90. The van der Waals surface area contributed by atoms with Crippen LogP contribution in [-0.2, 0) is 20.8 Å². The van der Waals surface area contributed by atoms with Gasteiger partial charge >= 0.3 is 0 Å². The summed E-state index contributed by atoms with van der Waals surface area (Å²) in [6.45, 7) is 0.677. The molecule has 156 valence electrons. The van der Waals surface area contributed by atoms with Gasteiger partial charge in [-0.2, -0.15) is 17.0 Å². The van der Waals surface area contributed by atoms with Crippen LogP contribution in [0.2, 0.25) is 0 Å². The van der Waals surface area contributed by atoms with Gasteiger partial charge in [0.15, 0.2) is 0 Å². The Balaban J connectivity index is 1.55. The van der Waals surface area contributed by atoms with Gasteiger partial charge in [-0.05, 0) is 42.7 Å². The number of carbonyl (C=O) groups excluding carboxylic acids is 1. The zero-order valence-corrected chi connectivity index (χ0v) is 18.4. The largest absolute Gasteiger partial charge is 0.326 e. The molecule has 2 aromatic carbocycles. The minimum atomic E-state index is -3.49. The van der Waals surface area contributed by atoms with Gasteiger partial charge < -0.3 is 5.32 Å². The van der Waals surface area contributed by atoms with Gasteiger partial charge in [-0.25, -0.2) is 0 Å². The lowest BCUT2D eigenvalue weighted by atomic mass is 9.98. The standard InChI is InChI=1S/C21H27N3O3S2/c1-23(2)29(26,27)24-14-6-7-18(15-24)21(25)22-19-12-10-17(11-13-19)16-28-20-8-4-3-5-9-20/h3-5,8-13,18H,6-7,14-16H2,1-2H3,(H,22,25). The van der Waals surface area contributed by atoms with Crippen molar-refractivity contribution < 1.29 is 13.2 Å². The molecule has 1 aliphatic heterocycles. The topological polar surface area (TPSA) is 69.7 Å². The number of nitrogens with zero attached hydrogens (tertiary/aromatic N) is 2. The van der Waals surface area contributed by atoms with Gasteiger partial charge in [-0.1, -0.05) is 30.3 Å². The van der Waals surface area contributed by atoms with Crippen molar-refractivity contribution in [3.8, 4) is 0 Å². The Morgan fingerprint density at radius 1 is 1.14 bits per heavy atom. The molecule has 1 aliphatic rings. The highest BCUT2D eigenvalue weighted by atomic mass is 32.2. The van der Waals surface area contributed by atoms with Gasteiger partial charge in [-0.3, -0.25) is 4.79 Å². The zero-order valence-electron chi connectivity index (χ0n) is 16.7. The molecule has 6 nitrogen and oxygen atoms in total. The fourth-order valence-corrected chi connectivity index (χ4v) is 5.27. The first-order chi connectivity index (χ1) is 13.9. The molecule has 29 heavy (non-hydrogen) atoms. The fourth-order valence-electron chi connectivity index (χ4n) is 3.21. The molecule has 1 atom stereocenters. The molecule has 1 amide bonds. The number of piperidine rings is 1. The van der Waals surface area contributed by atoms with Crippen LogP contribution in [-0.4, -0.2) is 50.1 Å². The van der Waals surface area contributed by atoms with E-state index in [2.05, 4.69) is 17.4 Å². The van der Waals surface area contributed by atoms with E-state index >= 15 is 0 Å². The Morgan fingerprint density at radius 3 is 2.48 bits per heavy atom. The van der Waals surface area contributed by atoms with E-state index in [1.165, 1.54) is 33.2 Å². The van der Waals surface area contributed by atoms with Crippen LogP contribution in [0.4, 0.5) is 5.69 Å². The number of amides is 1. The van der Waals surface area contributed by atoms with Crippen molar-refractivity contribution >= 4 is 33.6 Å². The number of benzene rings is 2. The molecule has 1 N–H and O–H groups in total. The third-order valence-electron chi connectivity index (χ3n) is 4.91. The second kappa shape index (κ2) is 9.75. The Morgan fingerprint density at radius 2 is 1.83 bits per heavy atom. The van der Waals surface area contributed by atoms with Gasteiger partial charge in [-0.15, -0.1) is 11.8 Å². The van der Waals surface area contributed by atoms with Gasteiger partial charge in [0.25, 0.3) is 10.2 Å². The van der Waals surface area contributed by atoms with Crippen molar-refractivity contribution in [2.24, 2.45) is 5.92 Å². The summed E-state index contributed by atoms with van der Waals surface area (Å²) < 4.78 is 27.3. The second-order valence-corrected chi connectivity index (χ2v) is 10.5. The summed E-state index contributed by atoms with van der Waals surface area (Å²) in [6, 6.07) is 18.0. The molecule has 0 bridgehead atoms. The minimum absolute atomic E-state index is 0.130. The molecule has 0 aromatic heterocycles. The lowest BCUT2D eigenvalue weighted by Gasteiger charge is -2.32. The van der Waals surface area contributed by atoms with E-state index in [0.717, 1.165) is 11.4 Å². The predicted molar refractivity (Wildman–Crippen MR) is 118 cm³/mol. The smallest absolute Gasteiger partial charge is 0.281 e. The summed E-state index contributed by atoms with van der Waals surface area (Å²) in [5.41, 5.74) is 1.91. The Bertz CT molecular complexity index is 916. The molecule has 1 saturated heterocycles. The van der Waals surface area contributed by atoms with Crippen LogP contribution in [0, 0.1) is 5.92 Å². The summed E-state index contributed by atoms with van der Waals surface area (Å²) >= 11 is 1.77. The molecule has 8 heteroatoms. The summed E-state index contributed by atoms with van der Waals surface area (Å²) in [5, 5.41) is 2.93. The number of nitrogens with one attached hydrogen (secondary N) is 1. The summed E-state index contributed by atoms with van der Waals surface area (Å²) in [4.78, 5) is 13.9. The summed E-state index contributed by atoms with van der Waals surface area (Å²) in [7, 11) is -0.469. The first-order valence-corrected chi connectivity index (χ1v) is 12.0. The molecule has 1 fully saturated rings. The number of rotatable bonds is 7. The summed E-state index contributed by atoms with van der Waals surface area (Å²) in [5.74, 6) is 0.389. The fraction of sp³-hybridized carbons (Fsp3) is 0.381. The van der Waals surface area contributed by atoms with Gasteiger partial charge in [0.1, 0.15) is 0 Å². The second-order valence-electron chi connectivity index (χ2n) is 7.28. The van der Waals surface area contributed by atoms with Gasteiger partial charge in [0.2, 0.25) is 5.91 Å². The van der Waals surface area contributed by atoms with E-state index in [-0.39, 0.29) is 18.4 Å². The highest BCUT2D eigenvalue weighted by Gasteiger charge is 2.33. The minimum Gasteiger partial charge on any atom is -0.326 e. The maximum Gasteiger partial charge on any atom is 0.281 e. The molecule has 1 heterocycles. The number of thioether (sulfide) groups is 1. The Labute approximate surface area is 177 Å². The average Bonchev–Trinajstić information content (AvgIpc) is 2.74. The number of anilines is 1. The van der Waals surface area contributed by atoms with Gasteiger partial charge in [0.05, 0.1) is 5.92 Å². The first-order valence-electron chi connectivity index (χ1n) is 9.61. The Kier molecular flexibility index (Phi) is 7.34. The number of hydrogen-bond acceptors (Lipinski definition) is 4. The molecule has 0 radical (unpaired) electrons. The lowest BCUT2D eigenvalue weighted by Crippen LogP contribution is -2.47. The van der Waals surface area contributed by atoms with Crippen molar-refractivity contribution in [2.45, 2.75) is 23.5 Å². The first kappa shape index (κ1) is 21.8. The van der Waals surface area contributed by atoms with Crippen molar-refractivity contribution in [1.82, 2.24) is 8.61 Å². The molecule has 0 aliphatic carbocycles. The van der Waals surface area contributed by atoms with Crippen molar-refractivity contribution in [1.29, 1.82) is 0 Å². The van der Waals surface area contributed by atoms with Crippen molar-refractivity contribution in [3.05, 3.63) is 60.2 Å². The maximum absolute atomic E-state index is 12.7. The monoisotopic (exact) mass is 433 g/mol. The van der Waals surface area contributed by atoms with Crippen LogP contribution < -0.4 is 5.32 Å². The highest BCUT2D eigenvalue weighted by Crippen LogP contribution is 2.24. The molecular weight excluding hydrogens is 406 g/mol. The van der Waals surface area contributed by atoms with E-state index in [0.29, 0.717) is 19.4 Å². The van der Waals surface area contributed by atoms with Crippen LogP contribution in [0.15, 0.2) is 59.5 Å². The summed E-state index contributed by atoms with van der Waals surface area (Å²) in [6.07, 6.45) is 1.37. The van der Waals surface area contributed by atoms with Crippen LogP contribution in [0.5, 0.6) is 0 Å². The SMILES string of the molecule is CN(C)S(=O)(=O)N1CCCC(C(=O)Nc2ccc(CSc3ccccc3)cc2)C1. The predicted octanol–water partition coefficient (Wildman–Crippen LogP) is 3.44. The molecule has 3 rings (SSSR count). The van der Waals surface area contributed by atoms with Gasteiger partial charge in [0, 0.05) is 43.5 Å². The van der Waals surface area contributed by atoms with Crippen LogP contribution in [0.1, 0.15) is 18.4 Å². The average molecular weight is 434 g/mol. The quantitative estimate of drug-likeness (QED) is 0.679. The number of carbonyl (C=O) groups is 1.